The minimum Gasteiger partial charge on any atom is -0.335 e. The Morgan fingerprint density at radius 3 is 2.57 bits per heavy atom. The van der Waals surface area contributed by atoms with Gasteiger partial charge in [0.2, 0.25) is 5.91 Å². The third kappa shape index (κ3) is 5.12. The van der Waals surface area contributed by atoms with Crippen LogP contribution in [0, 0.1) is 5.82 Å². The lowest BCUT2D eigenvalue weighted by atomic mass is 10.1. The first-order valence-electron chi connectivity index (χ1n) is 7.65. The number of rotatable bonds is 6. The van der Waals surface area contributed by atoms with Gasteiger partial charge in [-0.05, 0) is 39.7 Å². The van der Waals surface area contributed by atoms with Crippen LogP contribution < -0.4 is 5.32 Å². The van der Waals surface area contributed by atoms with E-state index >= 15 is 0 Å². The average Bonchev–Trinajstić information content (AvgIpc) is 3.20. The lowest BCUT2D eigenvalue weighted by Gasteiger charge is -2.25. The summed E-state index contributed by atoms with van der Waals surface area (Å²) in [5.41, 5.74) is 0.609. The summed E-state index contributed by atoms with van der Waals surface area (Å²) in [5, 5.41) is 3.32. The van der Waals surface area contributed by atoms with Gasteiger partial charge < -0.3 is 10.2 Å². The number of hydrogen-bond donors (Lipinski definition) is 1. The zero-order valence-corrected chi connectivity index (χ0v) is 13.2. The van der Waals surface area contributed by atoms with Crippen LogP contribution in [0.1, 0.15) is 45.6 Å². The number of amides is 1. The molecule has 0 spiro atoms. The summed E-state index contributed by atoms with van der Waals surface area (Å²) in [5.74, 6) is -0.124. The van der Waals surface area contributed by atoms with Gasteiger partial charge in [0, 0.05) is 36.7 Å². The fourth-order valence-electron chi connectivity index (χ4n) is 2.31. The zero-order chi connectivity index (χ0) is 15.5. The Bertz CT molecular complexity index is 492. The van der Waals surface area contributed by atoms with Gasteiger partial charge in [0.15, 0.2) is 0 Å². The lowest BCUT2D eigenvalue weighted by molar-refractivity contribution is -0.132. The van der Waals surface area contributed by atoms with Crippen molar-refractivity contribution in [2.24, 2.45) is 0 Å². The molecule has 1 aromatic carbocycles. The Kier molecular flexibility index (Phi) is 4.99. The molecule has 0 aliphatic heterocycles. The third-order valence-corrected chi connectivity index (χ3v) is 3.60. The Morgan fingerprint density at radius 2 is 2.00 bits per heavy atom. The summed E-state index contributed by atoms with van der Waals surface area (Å²) in [4.78, 5) is 14.2. The van der Waals surface area contributed by atoms with Crippen LogP contribution in [0.25, 0.3) is 0 Å². The van der Waals surface area contributed by atoms with Gasteiger partial charge in [-0.3, -0.25) is 4.79 Å². The second-order valence-corrected chi connectivity index (χ2v) is 6.77. The molecule has 1 aliphatic rings. The molecule has 0 bridgehead atoms. The standard InChI is InChI=1S/C17H25FN2O/c1-17(2,3)19-11-10-16(21)20(14-8-9-14)12-13-6-4-5-7-15(13)18/h4-7,14,19H,8-12H2,1-3H3. The van der Waals surface area contributed by atoms with Gasteiger partial charge in [-0.2, -0.15) is 0 Å². The van der Waals surface area contributed by atoms with E-state index < -0.39 is 0 Å². The van der Waals surface area contributed by atoms with Gasteiger partial charge in [-0.15, -0.1) is 0 Å². The van der Waals surface area contributed by atoms with Crippen molar-refractivity contribution in [1.29, 1.82) is 0 Å². The fourth-order valence-corrected chi connectivity index (χ4v) is 2.31. The highest BCUT2D eigenvalue weighted by atomic mass is 19.1. The predicted molar refractivity (Wildman–Crippen MR) is 82.3 cm³/mol. The molecule has 0 aromatic heterocycles. The largest absolute Gasteiger partial charge is 0.335 e. The minimum atomic E-state index is -0.233. The molecule has 4 heteroatoms. The number of halogens is 1. The van der Waals surface area contributed by atoms with Crippen LogP contribution in [0.2, 0.25) is 0 Å². The Morgan fingerprint density at radius 1 is 1.33 bits per heavy atom. The molecule has 1 N–H and O–H groups in total. The highest BCUT2D eigenvalue weighted by Gasteiger charge is 2.32. The van der Waals surface area contributed by atoms with E-state index in [0.717, 1.165) is 12.8 Å². The van der Waals surface area contributed by atoms with Gasteiger partial charge in [-0.1, -0.05) is 18.2 Å². The van der Waals surface area contributed by atoms with Crippen LogP contribution in [0.5, 0.6) is 0 Å². The number of hydrogen-bond acceptors (Lipinski definition) is 2. The van der Waals surface area contributed by atoms with Crippen LogP contribution in [0.3, 0.4) is 0 Å². The van der Waals surface area contributed by atoms with Gasteiger partial charge in [0.05, 0.1) is 0 Å². The zero-order valence-electron chi connectivity index (χ0n) is 13.2. The van der Waals surface area contributed by atoms with E-state index in [1.54, 1.807) is 12.1 Å². The summed E-state index contributed by atoms with van der Waals surface area (Å²) >= 11 is 0. The normalized spacial score (nSPS) is 15.0. The number of nitrogens with zero attached hydrogens (tertiary/aromatic N) is 1. The van der Waals surface area contributed by atoms with Crippen molar-refractivity contribution < 1.29 is 9.18 Å². The van der Waals surface area contributed by atoms with Crippen molar-refractivity contribution in [3.63, 3.8) is 0 Å². The molecule has 0 heterocycles. The number of nitrogens with one attached hydrogen (secondary N) is 1. The number of benzene rings is 1. The van der Waals surface area contributed by atoms with E-state index in [1.807, 2.05) is 11.0 Å². The summed E-state index contributed by atoms with van der Waals surface area (Å²) in [6.45, 7) is 7.27. The molecule has 1 fully saturated rings. The van der Waals surface area contributed by atoms with Crippen LogP contribution in [-0.2, 0) is 11.3 Å². The molecule has 21 heavy (non-hydrogen) atoms. The molecule has 1 aromatic rings. The second-order valence-electron chi connectivity index (χ2n) is 6.77. The predicted octanol–water partition coefficient (Wildman–Crippen LogP) is 3.09. The molecular weight excluding hydrogens is 267 g/mol. The van der Waals surface area contributed by atoms with Crippen LogP contribution in [0.15, 0.2) is 24.3 Å². The Labute approximate surface area is 126 Å². The van der Waals surface area contributed by atoms with Crippen LogP contribution in [0.4, 0.5) is 4.39 Å². The SMILES string of the molecule is CC(C)(C)NCCC(=O)N(Cc1ccccc1F)C1CC1. The Balaban J connectivity index is 1.93. The molecule has 3 nitrogen and oxygen atoms in total. The van der Waals surface area contributed by atoms with Gasteiger partial charge in [0.25, 0.3) is 0 Å². The maximum absolute atomic E-state index is 13.8. The van der Waals surface area contributed by atoms with Crippen LogP contribution in [-0.4, -0.2) is 28.9 Å². The monoisotopic (exact) mass is 292 g/mol. The number of carbonyl (C=O) groups excluding carboxylic acids is 1. The molecule has 1 aliphatic carbocycles. The summed E-state index contributed by atoms with van der Waals surface area (Å²) in [6, 6.07) is 6.99. The third-order valence-electron chi connectivity index (χ3n) is 3.60. The number of carbonyl (C=O) groups is 1. The molecule has 2 rings (SSSR count). The molecule has 0 unspecified atom stereocenters. The quantitative estimate of drug-likeness (QED) is 0.874. The molecule has 1 amide bonds. The first-order chi connectivity index (χ1) is 9.87. The van der Waals surface area contributed by atoms with E-state index in [1.165, 1.54) is 6.07 Å². The smallest absolute Gasteiger partial charge is 0.224 e. The topological polar surface area (TPSA) is 32.3 Å². The van der Waals surface area contributed by atoms with Crippen molar-refractivity contribution in [1.82, 2.24) is 10.2 Å². The highest BCUT2D eigenvalue weighted by Crippen LogP contribution is 2.29. The van der Waals surface area contributed by atoms with Crippen molar-refractivity contribution in [3.05, 3.63) is 35.6 Å². The van der Waals surface area contributed by atoms with E-state index in [2.05, 4.69) is 26.1 Å². The molecule has 1 saturated carbocycles. The van der Waals surface area contributed by atoms with Gasteiger partial charge in [0.1, 0.15) is 5.82 Å². The lowest BCUT2D eigenvalue weighted by Crippen LogP contribution is -2.40. The van der Waals surface area contributed by atoms with Crippen molar-refractivity contribution in [3.8, 4) is 0 Å². The first-order valence-corrected chi connectivity index (χ1v) is 7.65. The minimum absolute atomic E-state index is 0.0101. The summed E-state index contributed by atoms with van der Waals surface area (Å²) < 4.78 is 13.8. The Hall–Kier alpha value is -1.42. The highest BCUT2D eigenvalue weighted by molar-refractivity contribution is 5.77. The van der Waals surface area contributed by atoms with E-state index in [-0.39, 0.29) is 17.3 Å². The maximum Gasteiger partial charge on any atom is 0.224 e. The molecule has 0 saturated heterocycles. The van der Waals surface area contributed by atoms with Gasteiger partial charge in [-0.25, -0.2) is 4.39 Å². The molecule has 0 atom stereocenters. The summed E-state index contributed by atoms with van der Waals surface area (Å²) in [7, 11) is 0. The first kappa shape index (κ1) is 16.0. The maximum atomic E-state index is 13.8. The second kappa shape index (κ2) is 6.56. The summed E-state index contributed by atoms with van der Waals surface area (Å²) in [6.07, 6.45) is 2.53. The van der Waals surface area contributed by atoms with E-state index in [4.69, 9.17) is 0 Å². The molecule has 116 valence electrons. The van der Waals surface area contributed by atoms with Crippen molar-refractivity contribution in [2.45, 2.75) is 58.2 Å². The van der Waals surface area contributed by atoms with E-state index in [0.29, 0.717) is 31.1 Å². The van der Waals surface area contributed by atoms with Gasteiger partial charge >= 0.3 is 0 Å². The van der Waals surface area contributed by atoms with Crippen molar-refractivity contribution >= 4 is 5.91 Å². The fraction of sp³-hybridized carbons (Fsp3) is 0.588. The molecular formula is C17H25FN2O. The molecule has 0 radical (unpaired) electrons. The van der Waals surface area contributed by atoms with Crippen molar-refractivity contribution in [2.75, 3.05) is 6.54 Å². The van der Waals surface area contributed by atoms with Crippen LogP contribution >= 0.6 is 0 Å². The average molecular weight is 292 g/mol. The van der Waals surface area contributed by atoms with E-state index in [9.17, 15) is 9.18 Å².